The summed E-state index contributed by atoms with van der Waals surface area (Å²) in [5.41, 5.74) is 6.23. The molecular weight excluding hydrogens is 234 g/mol. The molecule has 1 saturated carbocycles. The number of amides is 1. The van der Waals surface area contributed by atoms with Crippen molar-refractivity contribution in [3.05, 3.63) is 53.6 Å². The molecule has 0 saturated heterocycles. The van der Waals surface area contributed by atoms with Crippen molar-refractivity contribution in [1.82, 2.24) is 0 Å². The molecule has 94 valence electrons. The van der Waals surface area contributed by atoms with E-state index in [0.717, 1.165) is 24.9 Å². The van der Waals surface area contributed by atoms with Gasteiger partial charge >= 0.3 is 0 Å². The van der Waals surface area contributed by atoms with Crippen LogP contribution in [-0.4, -0.2) is 5.91 Å². The summed E-state index contributed by atoms with van der Waals surface area (Å²) >= 11 is 0. The van der Waals surface area contributed by atoms with Crippen molar-refractivity contribution >= 4 is 11.6 Å². The van der Waals surface area contributed by atoms with Gasteiger partial charge < -0.3 is 5.32 Å². The summed E-state index contributed by atoms with van der Waals surface area (Å²) in [5, 5.41) is 3.03. The number of carbonyl (C=O) groups excluding carboxylic acids is 1. The number of benzene rings is 2. The molecule has 0 aliphatic heterocycles. The average Bonchev–Trinajstić information content (AvgIpc) is 3.21. The molecule has 0 atom stereocenters. The Balaban J connectivity index is 1.69. The Morgan fingerprint density at radius 2 is 1.79 bits per heavy atom. The second-order valence-electron chi connectivity index (χ2n) is 5.47. The van der Waals surface area contributed by atoms with Crippen molar-refractivity contribution in [2.45, 2.75) is 19.3 Å². The van der Waals surface area contributed by atoms with Crippen LogP contribution >= 0.6 is 0 Å². The lowest BCUT2D eigenvalue weighted by atomic mass is 10.1. The first-order valence-electron chi connectivity index (χ1n) is 6.83. The van der Waals surface area contributed by atoms with Crippen molar-refractivity contribution in [1.29, 1.82) is 0 Å². The standard InChI is InChI=1S/C17H15NO/c19-17(11-5-6-11)18-14-8-7-13-9-12-3-1-2-4-15(12)16(13)10-14/h1-4,7-8,10-11H,5-6,9H2,(H,18,19). The van der Waals surface area contributed by atoms with Gasteiger partial charge in [0.05, 0.1) is 0 Å². The summed E-state index contributed by atoms with van der Waals surface area (Å²) in [6.07, 6.45) is 3.08. The van der Waals surface area contributed by atoms with Gasteiger partial charge in [-0.1, -0.05) is 30.3 Å². The van der Waals surface area contributed by atoms with Crippen molar-refractivity contribution in [2.24, 2.45) is 5.92 Å². The second-order valence-corrected chi connectivity index (χ2v) is 5.47. The maximum Gasteiger partial charge on any atom is 0.227 e. The zero-order chi connectivity index (χ0) is 12.8. The quantitative estimate of drug-likeness (QED) is 0.738. The van der Waals surface area contributed by atoms with Gasteiger partial charge in [0.1, 0.15) is 0 Å². The molecular formula is C17H15NO. The summed E-state index contributed by atoms with van der Waals surface area (Å²) in [4.78, 5) is 11.8. The maximum absolute atomic E-state index is 11.8. The van der Waals surface area contributed by atoms with Crippen molar-refractivity contribution in [3.63, 3.8) is 0 Å². The first-order valence-corrected chi connectivity index (χ1v) is 6.83. The lowest BCUT2D eigenvalue weighted by Crippen LogP contribution is -2.13. The van der Waals surface area contributed by atoms with Crippen LogP contribution in [-0.2, 0) is 11.2 Å². The highest BCUT2D eigenvalue weighted by Gasteiger charge is 2.29. The zero-order valence-electron chi connectivity index (χ0n) is 10.6. The van der Waals surface area contributed by atoms with Crippen LogP contribution in [0.2, 0.25) is 0 Å². The minimum absolute atomic E-state index is 0.172. The number of fused-ring (bicyclic) bond motifs is 3. The number of hydrogen-bond donors (Lipinski definition) is 1. The summed E-state index contributed by atoms with van der Waals surface area (Å²) < 4.78 is 0. The van der Waals surface area contributed by atoms with Gasteiger partial charge in [-0.3, -0.25) is 4.79 Å². The Bertz CT molecular complexity index is 671. The van der Waals surface area contributed by atoms with Gasteiger partial charge in [0.2, 0.25) is 5.91 Å². The predicted octanol–water partition coefficient (Wildman–Crippen LogP) is 3.61. The third kappa shape index (κ3) is 1.84. The highest BCUT2D eigenvalue weighted by atomic mass is 16.2. The van der Waals surface area contributed by atoms with Crippen LogP contribution in [0.4, 0.5) is 5.69 Å². The van der Waals surface area contributed by atoms with Crippen molar-refractivity contribution < 1.29 is 4.79 Å². The van der Waals surface area contributed by atoms with E-state index in [-0.39, 0.29) is 11.8 Å². The van der Waals surface area contributed by atoms with E-state index in [9.17, 15) is 4.79 Å². The number of hydrogen-bond acceptors (Lipinski definition) is 1. The van der Waals surface area contributed by atoms with Gasteiger partial charge in [0.15, 0.2) is 0 Å². The van der Waals surface area contributed by atoms with Crippen molar-refractivity contribution in [2.75, 3.05) is 5.32 Å². The van der Waals surface area contributed by atoms with Crippen LogP contribution in [0.15, 0.2) is 42.5 Å². The van der Waals surface area contributed by atoms with Crippen molar-refractivity contribution in [3.8, 4) is 11.1 Å². The molecule has 2 aliphatic rings. The fourth-order valence-electron chi connectivity index (χ4n) is 2.79. The monoisotopic (exact) mass is 249 g/mol. The third-order valence-corrected chi connectivity index (χ3v) is 4.01. The highest BCUT2D eigenvalue weighted by Crippen LogP contribution is 2.38. The molecule has 1 fully saturated rings. The molecule has 2 nitrogen and oxygen atoms in total. The van der Waals surface area contributed by atoms with E-state index in [1.807, 2.05) is 6.07 Å². The van der Waals surface area contributed by atoms with E-state index in [0.29, 0.717) is 0 Å². The topological polar surface area (TPSA) is 29.1 Å². The summed E-state index contributed by atoms with van der Waals surface area (Å²) in [7, 11) is 0. The normalized spacial score (nSPS) is 15.8. The van der Waals surface area contributed by atoms with E-state index in [4.69, 9.17) is 0 Å². The van der Waals surface area contributed by atoms with Crippen LogP contribution in [0.3, 0.4) is 0 Å². The first-order chi connectivity index (χ1) is 9.31. The molecule has 2 aromatic carbocycles. The molecule has 0 heterocycles. The van der Waals surface area contributed by atoms with E-state index in [2.05, 4.69) is 41.7 Å². The molecule has 0 spiro atoms. The fraction of sp³-hybridized carbons (Fsp3) is 0.235. The Hall–Kier alpha value is -2.09. The Morgan fingerprint density at radius 1 is 1.00 bits per heavy atom. The lowest BCUT2D eigenvalue weighted by Gasteiger charge is -2.07. The van der Waals surface area contributed by atoms with Gasteiger partial charge in [0.25, 0.3) is 0 Å². The zero-order valence-corrected chi connectivity index (χ0v) is 10.6. The number of anilines is 1. The van der Waals surface area contributed by atoms with Crippen LogP contribution < -0.4 is 5.32 Å². The highest BCUT2D eigenvalue weighted by molar-refractivity contribution is 5.95. The average molecular weight is 249 g/mol. The lowest BCUT2D eigenvalue weighted by molar-refractivity contribution is -0.117. The fourth-order valence-corrected chi connectivity index (χ4v) is 2.79. The van der Waals surface area contributed by atoms with Gasteiger partial charge in [-0.2, -0.15) is 0 Å². The third-order valence-electron chi connectivity index (χ3n) is 4.01. The molecule has 0 unspecified atom stereocenters. The van der Waals surface area contributed by atoms with Crippen LogP contribution in [0.1, 0.15) is 24.0 Å². The Labute approximate surface area is 112 Å². The minimum Gasteiger partial charge on any atom is -0.326 e. The Kier molecular flexibility index (Phi) is 2.25. The smallest absolute Gasteiger partial charge is 0.227 e. The molecule has 0 bridgehead atoms. The number of nitrogens with one attached hydrogen (secondary N) is 1. The van der Waals surface area contributed by atoms with E-state index in [1.165, 1.54) is 22.3 Å². The molecule has 2 aromatic rings. The molecule has 4 rings (SSSR count). The molecule has 1 amide bonds. The Morgan fingerprint density at radius 3 is 2.63 bits per heavy atom. The van der Waals surface area contributed by atoms with E-state index in [1.54, 1.807) is 0 Å². The second kappa shape index (κ2) is 3.95. The van der Waals surface area contributed by atoms with Gasteiger partial charge in [-0.05, 0) is 53.6 Å². The number of rotatable bonds is 2. The summed E-state index contributed by atoms with van der Waals surface area (Å²) in [5.74, 6) is 0.423. The van der Waals surface area contributed by atoms with Crippen LogP contribution in [0.25, 0.3) is 11.1 Å². The molecule has 1 N–H and O–H groups in total. The SMILES string of the molecule is O=C(Nc1ccc2c(c1)-c1ccccc1C2)C1CC1. The predicted molar refractivity (Wildman–Crippen MR) is 76.0 cm³/mol. The molecule has 2 heteroatoms. The minimum atomic E-state index is 0.172. The van der Waals surface area contributed by atoms with Gasteiger partial charge in [0, 0.05) is 11.6 Å². The summed E-state index contributed by atoms with van der Waals surface area (Å²) in [6, 6.07) is 14.8. The molecule has 2 aliphatic carbocycles. The van der Waals surface area contributed by atoms with E-state index >= 15 is 0 Å². The number of carbonyl (C=O) groups is 1. The first kappa shape index (κ1) is 10.8. The van der Waals surface area contributed by atoms with Crippen LogP contribution in [0.5, 0.6) is 0 Å². The molecule has 0 aromatic heterocycles. The van der Waals surface area contributed by atoms with Crippen LogP contribution in [0, 0.1) is 5.92 Å². The molecule has 19 heavy (non-hydrogen) atoms. The van der Waals surface area contributed by atoms with Gasteiger partial charge in [-0.25, -0.2) is 0 Å². The summed E-state index contributed by atoms with van der Waals surface area (Å²) in [6.45, 7) is 0. The van der Waals surface area contributed by atoms with E-state index < -0.39 is 0 Å². The largest absolute Gasteiger partial charge is 0.326 e. The van der Waals surface area contributed by atoms with Gasteiger partial charge in [-0.15, -0.1) is 0 Å². The maximum atomic E-state index is 11.8. The molecule has 0 radical (unpaired) electrons.